The summed E-state index contributed by atoms with van der Waals surface area (Å²) in [5.74, 6) is 0.0224. The summed E-state index contributed by atoms with van der Waals surface area (Å²) in [7, 11) is 1.38. The fourth-order valence-electron chi connectivity index (χ4n) is 3.48. The second-order valence-corrected chi connectivity index (χ2v) is 6.86. The van der Waals surface area contributed by atoms with Gasteiger partial charge in [-0.2, -0.15) is 8.78 Å². The first-order valence-corrected chi connectivity index (χ1v) is 9.76. The number of ether oxygens (including phenoxy) is 2. The van der Waals surface area contributed by atoms with Crippen LogP contribution in [0.25, 0.3) is 0 Å². The Kier molecular flexibility index (Phi) is 6.87. The van der Waals surface area contributed by atoms with Gasteiger partial charge >= 0.3 is 6.61 Å². The molecule has 0 bridgehead atoms. The van der Waals surface area contributed by atoms with Gasteiger partial charge < -0.3 is 19.7 Å². The number of carbonyl (C=O) groups is 2. The molecule has 0 saturated heterocycles. The molecule has 6 nitrogen and oxygen atoms in total. The van der Waals surface area contributed by atoms with Crippen LogP contribution >= 0.6 is 0 Å². The van der Waals surface area contributed by atoms with Gasteiger partial charge in [-0.25, -0.2) is 0 Å². The van der Waals surface area contributed by atoms with Gasteiger partial charge in [-0.3, -0.25) is 9.59 Å². The molecule has 0 aromatic heterocycles. The van der Waals surface area contributed by atoms with Crippen LogP contribution in [0.5, 0.6) is 11.5 Å². The summed E-state index contributed by atoms with van der Waals surface area (Å²) < 4.78 is 34.6. The first-order valence-electron chi connectivity index (χ1n) is 9.76. The second kappa shape index (κ2) is 9.56. The molecule has 0 fully saturated rings. The zero-order valence-electron chi connectivity index (χ0n) is 16.9. The maximum atomic E-state index is 12.5. The summed E-state index contributed by atoms with van der Waals surface area (Å²) in [6, 6.07) is 10.1. The summed E-state index contributed by atoms with van der Waals surface area (Å²) in [4.78, 5) is 26.2. The molecule has 2 aromatic rings. The van der Waals surface area contributed by atoms with Gasteiger partial charge in [0.05, 0.1) is 7.11 Å². The van der Waals surface area contributed by atoms with E-state index in [2.05, 4.69) is 10.1 Å². The van der Waals surface area contributed by atoms with Gasteiger partial charge in [-0.05, 0) is 54.3 Å². The zero-order valence-corrected chi connectivity index (χ0v) is 16.9. The van der Waals surface area contributed by atoms with Crippen molar-refractivity contribution < 1.29 is 27.8 Å². The third kappa shape index (κ3) is 4.87. The van der Waals surface area contributed by atoms with Crippen LogP contribution in [0.3, 0.4) is 0 Å². The molecule has 0 aliphatic carbocycles. The Balaban J connectivity index is 1.60. The number of anilines is 1. The number of alkyl halides is 2. The van der Waals surface area contributed by atoms with E-state index in [9.17, 15) is 18.4 Å². The predicted octanol–water partition coefficient (Wildman–Crippen LogP) is 3.57. The third-order valence-corrected chi connectivity index (χ3v) is 4.98. The Hall–Kier alpha value is -3.16. The van der Waals surface area contributed by atoms with Crippen molar-refractivity contribution in [2.24, 2.45) is 0 Å². The molecule has 1 N–H and O–H groups in total. The molecular formula is C22H24F2N2O4. The summed E-state index contributed by atoms with van der Waals surface area (Å²) in [5, 5.41) is 2.83. The third-order valence-electron chi connectivity index (χ3n) is 4.98. The van der Waals surface area contributed by atoms with Crippen LogP contribution in [0.15, 0.2) is 36.4 Å². The van der Waals surface area contributed by atoms with Crippen molar-refractivity contribution >= 4 is 17.5 Å². The highest BCUT2D eigenvalue weighted by Gasteiger charge is 2.24. The Morgan fingerprint density at radius 3 is 2.67 bits per heavy atom. The number of nitrogens with zero attached hydrogens (tertiary/aromatic N) is 1. The summed E-state index contributed by atoms with van der Waals surface area (Å²) in [5.41, 5.74) is 3.10. The molecule has 0 unspecified atom stereocenters. The van der Waals surface area contributed by atoms with Crippen molar-refractivity contribution in [1.82, 2.24) is 5.32 Å². The highest BCUT2D eigenvalue weighted by Crippen LogP contribution is 2.30. The average molecular weight is 418 g/mol. The molecule has 2 aromatic carbocycles. The Bertz CT molecular complexity index is 933. The summed E-state index contributed by atoms with van der Waals surface area (Å²) >= 11 is 0. The van der Waals surface area contributed by atoms with Crippen LogP contribution in [-0.2, 0) is 17.6 Å². The van der Waals surface area contributed by atoms with Crippen molar-refractivity contribution in [3.8, 4) is 11.5 Å². The number of amides is 2. The van der Waals surface area contributed by atoms with Crippen LogP contribution < -0.4 is 19.7 Å². The molecule has 1 heterocycles. The van der Waals surface area contributed by atoms with E-state index in [1.807, 2.05) is 19.1 Å². The topological polar surface area (TPSA) is 67.9 Å². The Morgan fingerprint density at radius 1 is 1.17 bits per heavy atom. The molecule has 1 aliphatic heterocycles. The molecule has 0 spiro atoms. The van der Waals surface area contributed by atoms with E-state index in [0.717, 1.165) is 23.2 Å². The Labute approximate surface area is 173 Å². The quantitative estimate of drug-likeness (QED) is 0.712. The molecule has 3 rings (SSSR count). The lowest BCUT2D eigenvalue weighted by Crippen LogP contribution is -2.28. The lowest BCUT2D eigenvalue weighted by molar-refractivity contribution is -0.118. The number of hydrogen-bond acceptors (Lipinski definition) is 4. The number of hydrogen-bond donors (Lipinski definition) is 1. The highest BCUT2D eigenvalue weighted by atomic mass is 19.3. The number of fused-ring (bicyclic) bond motifs is 1. The average Bonchev–Trinajstić information content (AvgIpc) is 3.16. The summed E-state index contributed by atoms with van der Waals surface area (Å²) in [6.45, 7) is -0.157. The highest BCUT2D eigenvalue weighted by molar-refractivity contribution is 5.98. The number of benzene rings is 2. The molecule has 0 radical (unpaired) electrons. The van der Waals surface area contributed by atoms with Crippen molar-refractivity contribution in [3.63, 3.8) is 0 Å². The number of carbonyl (C=O) groups excluding carboxylic acids is 2. The molecule has 160 valence electrons. The van der Waals surface area contributed by atoms with E-state index in [0.29, 0.717) is 31.5 Å². The molecular weight excluding hydrogens is 394 g/mol. The molecule has 1 aliphatic rings. The maximum absolute atomic E-state index is 12.5. The SMILES string of the molecule is CCC(=O)N1CCc2cc(C(=O)NCCc3ccc(OC)c(OC(F)F)c3)ccc21. The van der Waals surface area contributed by atoms with Gasteiger partial charge in [-0.15, -0.1) is 0 Å². The fraction of sp³-hybridized carbons (Fsp3) is 0.364. The van der Waals surface area contributed by atoms with Gasteiger partial charge in [0.25, 0.3) is 5.91 Å². The van der Waals surface area contributed by atoms with E-state index in [1.165, 1.54) is 13.2 Å². The molecule has 30 heavy (non-hydrogen) atoms. The minimum Gasteiger partial charge on any atom is -0.493 e. The monoisotopic (exact) mass is 418 g/mol. The number of nitrogens with one attached hydrogen (secondary N) is 1. The zero-order chi connectivity index (χ0) is 21.7. The lowest BCUT2D eigenvalue weighted by Gasteiger charge is -2.16. The van der Waals surface area contributed by atoms with Crippen molar-refractivity contribution in [3.05, 3.63) is 53.1 Å². The van der Waals surface area contributed by atoms with E-state index >= 15 is 0 Å². The van der Waals surface area contributed by atoms with Crippen molar-refractivity contribution in [1.29, 1.82) is 0 Å². The fourth-order valence-corrected chi connectivity index (χ4v) is 3.48. The van der Waals surface area contributed by atoms with Gasteiger partial charge in [0.2, 0.25) is 5.91 Å². The smallest absolute Gasteiger partial charge is 0.387 e. The van der Waals surface area contributed by atoms with E-state index in [1.54, 1.807) is 23.1 Å². The van der Waals surface area contributed by atoms with Gasteiger partial charge in [0.15, 0.2) is 11.5 Å². The van der Waals surface area contributed by atoms with Crippen LogP contribution in [0.1, 0.15) is 34.8 Å². The Morgan fingerprint density at radius 2 is 1.97 bits per heavy atom. The molecule has 0 atom stereocenters. The lowest BCUT2D eigenvalue weighted by atomic mass is 10.1. The van der Waals surface area contributed by atoms with E-state index < -0.39 is 6.61 Å². The van der Waals surface area contributed by atoms with E-state index in [-0.39, 0.29) is 23.3 Å². The van der Waals surface area contributed by atoms with Crippen LogP contribution in [0.2, 0.25) is 0 Å². The minimum absolute atomic E-state index is 0.0406. The molecule has 0 saturated carbocycles. The molecule has 8 heteroatoms. The van der Waals surface area contributed by atoms with E-state index in [4.69, 9.17) is 4.74 Å². The van der Waals surface area contributed by atoms with Gasteiger partial charge in [0, 0.05) is 30.8 Å². The first-order chi connectivity index (χ1) is 14.4. The van der Waals surface area contributed by atoms with Crippen LogP contribution in [0.4, 0.5) is 14.5 Å². The predicted molar refractivity (Wildman–Crippen MR) is 108 cm³/mol. The van der Waals surface area contributed by atoms with Crippen molar-refractivity contribution in [2.45, 2.75) is 32.8 Å². The summed E-state index contributed by atoms with van der Waals surface area (Å²) in [6.07, 6.45) is 1.61. The number of methoxy groups -OCH3 is 1. The van der Waals surface area contributed by atoms with Crippen LogP contribution in [0, 0.1) is 0 Å². The van der Waals surface area contributed by atoms with Gasteiger partial charge in [-0.1, -0.05) is 13.0 Å². The number of rotatable bonds is 8. The normalized spacial score (nSPS) is 12.6. The minimum atomic E-state index is -2.95. The largest absolute Gasteiger partial charge is 0.493 e. The first kappa shape index (κ1) is 21.5. The number of halogens is 2. The molecule has 2 amide bonds. The van der Waals surface area contributed by atoms with Crippen LogP contribution in [-0.4, -0.2) is 38.6 Å². The maximum Gasteiger partial charge on any atom is 0.387 e. The van der Waals surface area contributed by atoms with Gasteiger partial charge in [0.1, 0.15) is 0 Å². The van der Waals surface area contributed by atoms with Crippen molar-refractivity contribution in [2.75, 3.05) is 25.1 Å². The standard InChI is InChI=1S/C22H24F2N2O4/c1-3-20(27)26-11-9-15-13-16(5-6-17(15)26)21(28)25-10-8-14-4-7-18(29-2)19(12-14)30-22(23)24/h4-7,12-13,22H,3,8-11H2,1-2H3,(H,25,28). The second-order valence-electron chi connectivity index (χ2n) is 6.86.